The molecule has 192 valence electrons. The largest absolute Gasteiger partial charge is 1.00 e. The summed E-state index contributed by atoms with van der Waals surface area (Å²) in [6, 6.07) is 26.5. The van der Waals surface area contributed by atoms with Crippen LogP contribution in [0.3, 0.4) is 0 Å². The van der Waals surface area contributed by atoms with Crippen LogP contribution in [-0.4, -0.2) is 5.49 Å². The number of halogens is 2. The summed E-state index contributed by atoms with van der Waals surface area (Å²) in [5.41, 5.74) is 14.1. The van der Waals surface area contributed by atoms with Crippen LogP contribution < -0.4 is 24.8 Å². The molecule has 0 spiro atoms. The SMILES string of the molecule is CCc1cccc(-[c-]2c(C)ccc2C)c1.CCc1cccc(-[c-]2c(C)ccc2C)c1.C[Si](C)=[Hf+2].[Cl-].[Cl-]. The van der Waals surface area contributed by atoms with E-state index >= 15 is 0 Å². The quantitative estimate of drug-likeness (QED) is 0.227. The molecular weight excluding hydrogens is 662 g/mol. The molecule has 0 aliphatic heterocycles. The molecule has 0 radical (unpaired) electrons. The van der Waals surface area contributed by atoms with Crippen LogP contribution in [0.2, 0.25) is 13.1 Å². The summed E-state index contributed by atoms with van der Waals surface area (Å²) in [7, 11) is 0. The Bertz CT molecular complexity index is 1080. The van der Waals surface area contributed by atoms with E-state index in [1.54, 1.807) is 0 Å². The molecular formula is C32H40Cl2HfSi-2. The van der Waals surface area contributed by atoms with Crippen molar-refractivity contribution >= 4 is 5.49 Å². The molecule has 0 saturated heterocycles. The average molecular weight is 702 g/mol. The van der Waals surface area contributed by atoms with Crippen molar-refractivity contribution < 1.29 is 47.8 Å². The second-order valence-corrected chi connectivity index (χ2v) is 22.0. The van der Waals surface area contributed by atoms with Gasteiger partial charge in [-0.05, 0) is 12.8 Å². The van der Waals surface area contributed by atoms with E-state index in [4.69, 9.17) is 0 Å². The van der Waals surface area contributed by atoms with Crippen LogP contribution >= 0.6 is 0 Å². The Hall–Kier alpha value is -1.19. The molecule has 0 fully saturated rings. The van der Waals surface area contributed by atoms with E-state index in [0.29, 0.717) is 0 Å². The Morgan fingerprint density at radius 2 is 0.861 bits per heavy atom. The fourth-order valence-electron chi connectivity index (χ4n) is 4.26. The van der Waals surface area contributed by atoms with E-state index < -0.39 is 0 Å². The summed E-state index contributed by atoms with van der Waals surface area (Å²) in [5.74, 6) is 0. The van der Waals surface area contributed by atoms with E-state index in [9.17, 15) is 0 Å². The zero-order valence-electron chi connectivity index (χ0n) is 23.1. The molecule has 36 heavy (non-hydrogen) atoms. The number of rotatable bonds is 4. The van der Waals surface area contributed by atoms with Crippen molar-refractivity contribution in [3.05, 3.63) is 106 Å². The maximum Gasteiger partial charge on any atom is -1.00 e. The van der Waals surface area contributed by atoms with Gasteiger partial charge >= 0.3 is 41.6 Å². The molecule has 0 N–H and O–H groups in total. The second kappa shape index (κ2) is 17.3. The summed E-state index contributed by atoms with van der Waals surface area (Å²) >= 11 is 1.45. The molecule has 4 aromatic rings. The number of hydrogen-bond acceptors (Lipinski definition) is 0. The average Bonchev–Trinajstić information content (AvgIpc) is 3.33. The van der Waals surface area contributed by atoms with Crippen LogP contribution in [0.25, 0.3) is 22.3 Å². The van der Waals surface area contributed by atoms with Gasteiger partial charge in [-0.3, -0.25) is 0 Å². The molecule has 4 rings (SSSR count). The van der Waals surface area contributed by atoms with Crippen molar-refractivity contribution in [1.82, 2.24) is 0 Å². The predicted molar refractivity (Wildman–Crippen MR) is 150 cm³/mol. The van der Waals surface area contributed by atoms with Crippen molar-refractivity contribution in [2.45, 2.75) is 67.5 Å². The number of aryl methyl sites for hydroxylation is 6. The summed E-state index contributed by atoms with van der Waals surface area (Å²) in [6.07, 6.45) is 2.21. The van der Waals surface area contributed by atoms with Gasteiger partial charge in [0.15, 0.2) is 0 Å². The Morgan fingerprint density at radius 1 is 0.583 bits per heavy atom. The molecule has 0 heterocycles. The van der Waals surface area contributed by atoms with Gasteiger partial charge < -0.3 is 24.8 Å². The predicted octanol–water partition coefficient (Wildman–Crippen LogP) is 3.30. The zero-order chi connectivity index (χ0) is 25.3. The fraction of sp³-hybridized carbons (Fsp3) is 0.312. The molecule has 0 atom stereocenters. The van der Waals surface area contributed by atoms with Crippen LogP contribution in [0, 0.1) is 27.7 Å². The zero-order valence-corrected chi connectivity index (χ0v) is 29.2. The molecule has 0 aliphatic rings. The molecule has 0 aromatic heterocycles. The minimum absolute atomic E-state index is 0. The molecule has 4 aromatic carbocycles. The Labute approximate surface area is 247 Å². The van der Waals surface area contributed by atoms with Crippen LogP contribution in [0.15, 0.2) is 72.8 Å². The third-order valence-corrected chi connectivity index (χ3v) is 5.99. The maximum atomic E-state index is 2.33. The summed E-state index contributed by atoms with van der Waals surface area (Å²) in [6.45, 7) is 17.8. The number of hydrogen-bond donors (Lipinski definition) is 0. The minimum atomic E-state index is 0. The van der Waals surface area contributed by atoms with Crippen molar-refractivity contribution in [3.63, 3.8) is 0 Å². The van der Waals surface area contributed by atoms with Gasteiger partial charge in [0.2, 0.25) is 0 Å². The Kier molecular flexibility index (Phi) is 16.8. The maximum absolute atomic E-state index is 2.33. The third-order valence-electron chi connectivity index (χ3n) is 5.99. The van der Waals surface area contributed by atoms with Crippen molar-refractivity contribution in [2.24, 2.45) is 0 Å². The Balaban J connectivity index is 0.000000566. The van der Waals surface area contributed by atoms with Gasteiger partial charge in [0.25, 0.3) is 0 Å². The molecule has 0 nitrogen and oxygen atoms in total. The van der Waals surface area contributed by atoms with Crippen LogP contribution in [-0.2, 0) is 35.8 Å². The van der Waals surface area contributed by atoms with E-state index in [1.165, 1.54) is 78.6 Å². The second-order valence-electron chi connectivity index (χ2n) is 9.26. The van der Waals surface area contributed by atoms with Crippen LogP contribution in [0.1, 0.15) is 47.2 Å². The summed E-state index contributed by atoms with van der Waals surface area (Å²) < 4.78 is 0. The first-order chi connectivity index (χ1) is 16.2. The molecule has 0 unspecified atom stereocenters. The monoisotopic (exact) mass is 702 g/mol. The third kappa shape index (κ3) is 10.3. The first kappa shape index (κ1) is 34.8. The summed E-state index contributed by atoms with van der Waals surface area (Å²) in [4.78, 5) is 0. The van der Waals surface area contributed by atoms with Gasteiger partial charge in [-0.2, -0.15) is 0 Å². The van der Waals surface area contributed by atoms with Crippen LogP contribution in [0.4, 0.5) is 0 Å². The van der Waals surface area contributed by atoms with Crippen molar-refractivity contribution in [1.29, 1.82) is 0 Å². The molecule has 0 amide bonds. The van der Waals surface area contributed by atoms with Gasteiger partial charge in [0.05, 0.1) is 0 Å². The normalized spacial score (nSPS) is 9.61. The van der Waals surface area contributed by atoms with E-state index in [2.05, 4.69) is 127 Å². The molecule has 4 heteroatoms. The topological polar surface area (TPSA) is 0 Å². The van der Waals surface area contributed by atoms with Gasteiger partial charge in [0, 0.05) is 0 Å². The van der Waals surface area contributed by atoms with Crippen molar-refractivity contribution in [3.8, 4) is 22.3 Å². The van der Waals surface area contributed by atoms with E-state index in [-0.39, 0.29) is 30.3 Å². The van der Waals surface area contributed by atoms with Crippen molar-refractivity contribution in [2.75, 3.05) is 0 Å². The first-order valence-electron chi connectivity index (χ1n) is 12.3. The van der Waals surface area contributed by atoms with Gasteiger partial charge in [0.1, 0.15) is 0 Å². The van der Waals surface area contributed by atoms with E-state index in [0.717, 1.165) is 12.8 Å². The standard InChI is InChI=1S/2C15H17.C2H6Si.2ClH.Hf/c2*1-4-13-6-5-7-14(10-13)15-11(2)8-9-12(15)3;1-3-2;;;/h2*5-10H,4H2,1-3H3;1-2H3;2*1H;/q2*-1;;;;+2/p-2. The van der Waals surface area contributed by atoms with E-state index in [1.807, 2.05) is 0 Å². The smallest absolute Gasteiger partial charge is 1.00 e. The summed E-state index contributed by atoms with van der Waals surface area (Å²) in [5, 5.41) is 0. The number of benzene rings is 2. The molecule has 0 saturated carbocycles. The van der Waals surface area contributed by atoms with Crippen LogP contribution in [0.5, 0.6) is 0 Å². The minimum Gasteiger partial charge on any atom is -1.00 e. The Morgan fingerprint density at radius 3 is 1.11 bits per heavy atom. The van der Waals surface area contributed by atoms with Gasteiger partial charge in [-0.15, -0.1) is 81.9 Å². The first-order valence-corrected chi connectivity index (χ1v) is 20.2. The fourth-order valence-corrected chi connectivity index (χ4v) is 4.26. The van der Waals surface area contributed by atoms with Gasteiger partial charge in [-0.1, -0.05) is 88.1 Å². The molecule has 0 aliphatic carbocycles. The molecule has 0 bridgehead atoms. The van der Waals surface area contributed by atoms with Gasteiger partial charge in [-0.25, -0.2) is 0 Å².